The molecule has 0 unspecified atom stereocenters. The first-order valence-electron chi connectivity index (χ1n) is 12.5. The van der Waals surface area contributed by atoms with Crippen LogP contribution in [0.2, 0.25) is 0 Å². The van der Waals surface area contributed by atoms with Gasteiger partial charge in [0.05, 0.1) is 12.2 Å². The Balaban J connectivity index is 0.000000326. The van der Waals surface area contributed by atoms with Crippen molar-refractivity contribution in [1.29, 1.82) is 0 Å². The van der Waals surface area contributed by atoms with Crippen molar-refractivity contribution in [2.24, 2.45) is 22.4 Å². The van der Waals surface area contributed by atoms with Crippen LogP contribution in [0.25, 0.3) is 0 Å². The van der Waals surface area contributed by atoms with Gasteiger partial charge in [-0.1, -0.05) is 61.0 Å². The van der Waals surface area contributed by atoms with Gasteiger partial charge in [-0.05, 0) is 43.1 Å². The number of esters is 1. The Bertz CT molecular complexity index is 1180. The number of oxime groups is 1. The van der Waals surface area contributed by atoms with Crippen molar-refractivity contribution >= 4 is 34.8 Å². The highest BCUT2D eigenvalue weighted by Crippen LogP contribution is 2.59. The normalized spacial score (nSPS) is 17.2. The van der Waals surface area contributed by atoms with E-state index in [0.717, 1.165) is 29.5 Å². The van der Waals surface area contributed by atoms with E-state index in [-0.39, 0.29) is 40.8 Å². The van der Waals surface area contributed by atoms with Gasteiger partial charge in [-0.3, -0.25) is 14.4 Å². The third kappa shape index (κ3) is 9.62. The highest BCUT2D eigenvalue weighted by molar-refractivity contribution is 8.15. The van der Waals surface area contributed by atoms with E-state index in [2.05, 4.69) is 61.2 Å². The number of hydrogen-bond donors (Lipinski definition) is 1. The molecular weight excluding hydrogens is 518 g/mol. The summed E-state index contributed by atoms with van der Waals surface area (Å²) in [6, 6.07) is 12.1. The van der Waals surface area contributed by atoms with Crippen LogP contribution in [0.15, 0.2) is 63.9 Å². The van der Waals surface area contributed by atoms with E-state index in [1.807, 2.05) is 24.3 Å². The molecule has 1 aromatic heterocycles. The minimum Gasteiger partial charge on any atom is -0.469 e. The Kier molecular flexibility index (Phi) is 11.8. The Hall–Kier alpha value is -3.53. The Labute approximate surface area is 235 Å². The second kappa shape index (κ2) is 14.6. The zero-order valence-electron chi connectivity index (χ0n) is 23.9. The number of thioether (sulfide) groups is 1. The van der Waals surface area contributed by atoms with Gasteiger partial charge >= 0.3 is 12.1 Å². The fraction of sp³-hybridized carbons (Fsp3) is 0.448. The summed E-state index contributed by atoms with van der Waals surface area (Å²) in [6.07, 6.45) is 5.57. The Morgan fingerprint density at radius 3 is 2.38 bits per heavy atom. The van der Waals surface area contributed by atoms with Crippen molar-refractivity contribution < 1.29 is 28.4 Å². The minimum atomic E-state index is -0.705. The number of carbonyl (C=O) groups is 3. The zero-order chi connectivity index (χ0) is 29.2. The summed E-state index contributed by atoms with van der Waals surface area (Å²) in [7, 11) is 4.59. The fourth-order valence-electron chi connectivity index (χ4n) is 3.92. The molecule has 1 aliphatic carbocycles. The average Bonchev–Trinajstić information content (AvgIpc) is 3.19. The lowest BCUT2D eigenvalue weighted by Crippen LogP contribution is -2.28. The van der Waals surface area contributed by atoms with Gasteiger partial charge in [-0.25, -0.2) is 4.79 Å². The molecule has 1 N–H and O–H groups in total. The maximum atomic E-state index is 12.4. The lowest BCUT2D eigenvalue weighted by atomic mass is 10.1. The molecule has 2 aromatic rings. The van der Waals surface area contributed by atoms with Crippen LogP contribution in [0, 0.1) is 17.3 Å². The van der Waals surface area contributed by atoms with E-state index in [1.165, 1.54) is 23.1 Å². The zero-order valence-corrected chi connectivity index (χ0v) is 24.8. The molecule has 2 amide bonds. The largest absolute Gasteiger partial charge is 0.469 e. The van der Waals surface area contributed by atoms with Gasteiger partial charge in [-0.15, -0.1) is 11.8 Å². The van der Waals surface area contributed by atoms with Gasteiger partial charge in [-0.2, -0.15) is 0 Å². The lowest BCUT2D eigenvalue weighted by molar-refractivity contribution is -0.147. The number of nitrogens with one attached hydrogen (secondary N) is 1. The maximum Gasteiger partial charge on any atom is 0.433 e. The van der Waals surface area contributed by atoms with Crippen LogP contribution in [0.1, 0.15) is 44.6 Å². The van der Waals surface area contributed by atoms with Gasteiger partial charge in [0.25, 0.3) is 5.91 Å². The molecule has 10 heteroatoms. The Morgan fingerprint density at radius 1 is 1.15 bits per heavy atom. The average molecular weight is 558 g/mol. The predicted molar refractivity (Wildman–Crippen MR) is 153 cm³/mol. The number of nitrogens with zero attached hydrogens (tertiary/aromatic N) is 2. The van der Waals surface area contributed by atoms with Crippen LogP contribution in [-0.4, -0.2) is 55.3 Å². The van der Waals surface area contributed by atoms with Gasteiger partial charge in [0.2, 0.25) is 5.04 Å². The third-order valence-electron chi connectivity index (χ3n) is 6.19. The van der Waals surface area contributed by atoms with Crippen molar-refractivity contribution in [3.63, 3.8) is 0 Å². The van der Waals surface area contributed by atoms with E-state index >= 15 is 0 Å². The SMILES string of the molecule is CC(C)=C[C@@H]1[C@@H](C(=O)OCc2coc(Cc3ccccc3)c2)C1(C)C.CNC(=O)ON=C(SC)C(=O)N(C)C. The molecule has 1 heterocycles. The monoisotopic (exact) mass is 557 g/mol. The molecule has 1 aliphatic rings. The molecular formula is C29H39N3O6S. The number of hydrogen-bond acceptors (Lipinski definition) is 8. The van der Waals surface area contributed by atoms with Gasteiger partial charge < -0.3 is 19.4 Å². The van der Waals surface area contributed by atoms with Crippen LogP contribution in [0.5, 0.6) is 0 Å². The molecule has 2 atom stereocenters. The standard InChI is InChI=1S/C22H26O3.C7H13N3O3S/c1-15(2)10-19-20(22(19,3)4)21(23)25-14-17-12-18(24-13-17)11-16-8-6-5-7-9-16;1-8-7(12)13-9-5(14-4)6(11)10(2)3/h5-10,12-13,19-20H,11,14H2,1-4H3;1-4H3,(H,8,12)/t19-,20+;/m1./s1. The maximum absolute atomic E-state index is 12.4. The molecule has 0 bridgehead atoms. The smallest absolute Gasteiger partial charge is 0.433 e. The van der Waals surface area contributed by atoms with Crippen LogP contribution in [0.3, 0.4) is 0 Å². The lowest BCUT2D eigenvalue weighted by Gasteiger charge is -2.09. The predicted octanol–water partition coefficient (Wildman–Crippen LogP) is 5.26. The molecule has 0 radical (unpaired) electrons. The van der Waals surface area contributed by atoms with Crippen molar-refractivity contribution in [2.45, 2.75) is 40.7 Å². The van der Waals surface area contributed by atoms with E-state index in [9.17, 15) is 14.4 Å². The summed E-state index contributed by atoms with van der Waals surface area (Å²) in [4.78, 5) is 40.1. The summed E-state index contributed by atoms with van der Waals surface area (Å²) in [5, 5.41) is 5.74. The Morgan fingerprint density at radius 2 is 1.82 bits per heavy atom. The number of ether oxygens (including phenoxy) is 1. The summed E-state index contributed by atoms with van der Waals surface area (Å²) in [5.41, 5.74) is 3.33. The second-order valence-corrected chi connectivity index (χ2v) is 11.0. The minimum absolute atomic E-state index is 0.0107. The number of carbonyl (C=O) groups excluding carboxylic acids is 3. The highest BCUT2D eigenvalue weighted by atomic mass is 32.2. The number of allylic oxidation sites excluding steroid dienone is 2. The quantitative estimate of drug-likeness (QED) is 0.123. The number of benzene rings is 1. The first-order chi connectivity index (χ1) is 18.4. The van der Waals surface area contributed by atoms with Crippen molar-refractivity contribution in [3.8, 4) is 0 Å². The fourth-order valence-corrected chi connectivity index (χ4v) is 4.39. The molecule has 1 saturated carbocycles. The molecule has 1 aromatic carbocycles. The van der Waals surface area contributed by atoms with Crippen molar-refractivity contribution in [3.05, 3.63) is 71.2 Å². The van der Waals surface area contributed by atoms with E-state index < -0.39 is 6.09 Å². The molecule has 39 heavy (non-hydrogen) atoms. The first kappa shape index (κ1) is 31.7. The number of amides is 2. The van der Waals surface area contributed by atoms with Crippen molar-refractivity contribution in [2.75, 3.05) is 27.4 Å². The van der Waals surface area contributed by atoms with Crippen LogP contribution >= 0.6 is 11.8 Å². The van der Waals surface area contributed by atoms with Crippen LogP contribution in [-0.2, 0) is 32.2 Å². The molecule has 1 fully saturated rings. The van der Waals surface area contributed by atoms with E-state index in [0.29, 0.717) is 0 Å². The summed E-state index contributed by atoms with van der Waals surface area (Å²) in [6.45, 7) is 8.65. The van der Waals surface area contributed by atoms with Gasteiger partial charge in [0, 0.05) is 33.1 Å². The highest BCUT2D eigenvalue weighted by Gasteiger charge is 2.61. The first-order valence-corrected chi connectivity index (χ1v) is 13.8. The molecule has 0 aliphatic heterocycles. The van der Waals surface area contributed by atoms with E-state index in [1.54, 1.807) is 26.6 Å². The van der Waals surface area contributed by atoms with Gasteiger partial charge in [0.1, 0.15) is 12.4 Å². The number of rotatable bonds is 7. The molecule has 212 valence electrons. The second-order valence-electron chi connectivity index (χ2n) is 10.2. The third-order valence-corrected chi connectivity index (χ3v) is 6.82. The van der Waals surface area contributed by atoms with E-state index in [4.69, 9.17) is 9.15 Å². The summed E-state index contributed by atoms with van der Waals surface area (Å²) >= 11 is 1.11. The van der Waals surface area contributed by atoms with Gasteiger partial charge in [0.15, 0.2) is 0 Å². The number of furan rings is 1. The topological polar surface area (TPSA) is 110 Å². The molecule has 0 spiro atoms. The molecule has 9 nitrogen and oxygen atoms in total. The van der Waals surface area contributed by atoms with Crippen LogP contribution in [0.4, 0.5) is 4.79 Å². The molecule has 3 rings (SSSR count). The van der Waals surface area contributed by atoms with Crippen LogP contribution < -0.4 is 5.32 Å². The summed E-state index contributed by atoms with van der Waals surface area (Å²) in [5.74, 6) is 0.701. The van der Waals surface area contributed by atoms with Crippen molar-refractivity contribution in [1.82, 2.24) is 10.2 Å². The summed E-state index contributed by atoms with van der Waals surface area (Å²) < 4.78 is 11.1. The molecule has 0 saturated heterocycles.